The smallest absolute Gasteiger partial charge is 0.306 e. The lowest BCUT2D eigenvalue weighted by Crippen LogP contribution is -2.50. The van der Waals surface area contributed by atoms with Crippen LogP contribution in [-0.4, -0.2) is 41.5 Å². The molecule has 3 rings (SSSR count). The minimum atomic E-state index is -0.131. The van der Waals surface area contributed by atoms with Gasteiger partial charge in [-0.25, -0.2) is 9.80 Å². The molecule has 0 aliphatic carbocycles. The van der Waals surface area contributed by atoms with E-state index < -0.39 is 0 Å². The van der Waals surface area contributed by atoms with Crippen LogP contribution in [0.3, 0.4) is 0 Å². The second-order valence-electron chi connectivity index (χ2n) is 6.10. The summed E-state index contributed by atoms with van der Waals surface area (Å²) >= 11 is 0. The van der Waals surface area contributed by atoms with Crippen LogP contribution in [0.1, 0.15) is 18.1 Å². The Balaban J connectivity index is 1.69. The van der Waals surface area contributed by atoms with E-state index in [1.54, 1.807) is 5.01 Å². The number of rotatable bonds is 5. The Bertz CT molecular complexity index is 740. The first kappa shape index (κ1) is 17.0. The van der Waals surface area contributed by atoms with Crippen LogP contribution in [0.2, 0.25) is 0 Å². The van der Waals surface area contributed by atoms with Crippen molar-refractivity contribution in [1.29, 1.82) is 0 Å². The normalized spacial score (nSPS) is 13.5. The van der Waals surface area contributed by atoms with E-state index in [1.807, 2.05) is 61.3 Å². The number of benzene rings is 2. The van der Waals surface area contributed by atoms with Crippen molar-refractivity contribution in [3.8, 4) is 0 Å². The van der Waals surface area contributed by atoms with Gasteiger partial charge in [-0.2, -0.15) is 0 Å². The van der Waals surface area contributed by atoms with Gasteiger partial charge in [0.2, 0.25) is 0 Å². The molecule has 0 atom stereocenters. The highest BCUT2D eigenvalue weighted by atomic mass is 16.2. The summed E-state index contributed by atoms with van der Waals surface area (Å²) in [6, 6.07) is 17.9. The quantitative estimate of drug-likeness (QED) is 0.904. The Kier molecular flexibility index (Phi) is 5.33. The van der Waals surface area contributed by atoms with Crippen molar-refractivity contribution in [3.05, 3.63) is 65.7 Å². The zero-order valence-electron chi connectivity index (χ0n) is 14.8. The molecule has 130 valence electrons. The molecular formula is C20H24N4O. The summed E-state index contributed by atoms with van der Waals surface area (Å²) < 4.78 is 0. The second kappa shape index (κ2) is 7.83. The Morgan fingerprint density at radius 1 is 1.16 bits per heavy atom. The van der Waals surface area contributed by atoms with E-state index >= 15 is 0 Å². The van der Waals surface area contributed by atoms with Crippen molar-refractivity contribution in [2.75, 3.05) is 25.0 Å². The topological polar surface area (TPSA) is 47.9 Å². The minimum Gasteiger partial charge on any atom is -0.306 e. The van der Waals surface area contributed by atoms with E-state index in [4.69, 9.17) is 0 Å². The number of carbonyl (C=O) groups excluding carboxylic acids is 1. The molecule has 5 heteroatoms. The summed E-state index contributed by atoms with van der Waals surface area (Å²) in [7, 11) is 0. The predicted molar refractivity (Wildman–Crippen MR) is 102 cm³/mol. The molecule has 1 aliphatic rings. The van der Waals surface area contributed by atoms with Crippen molar-refractivity contribution >= 4 is 17.6 Å². The van der Waals surface area contributed by atoms with E-state index in [9.17, 15) is 4.79 Å². The number of amidine groups is 1. The number of amides is 2. The first-order chi connectivity index (χ1) is 12.2. The molecule has 5 nitrogen and oxygen atoms in total. The van der Waals surface area contributed by atoms with E-state index in [-0.39, 0.29) is 6.03 Å². The summed E-state index contributed by atoms with van der Waals surface area (Å²) in [6.07, 6.45) is 0.731. The molecule has 1 heterocycles. The largest absolute Gasteiger partial charge is 0.340 e. The third kappa shape index (κ3) is 4.18. The number of nitrogens with one attached hydrogen (secondary N) is 1. The summed E-state index contributed by atoms with van der Waals surface area (Å²) in [5.41, 5.74) is 3.17. The highest BCUT2D eigenvalue weighted by molar-refractivity contribution is 5.93. The van der Waals surface area contributed by atoms with Crippen molar-refractivity contribution in [2.24, 2.45) is 4.99 Å². The molecule has 0 bridgehead atoms. The Morgan fingerprint density at radius 2 is 1.88 bits per heavy atom. The molecule has 25 heavy (non-hydrogen) atoms. The van der Waals surface area contributed by atoms with Gasteiger partial charge in [-0.3, -0.25) is 10.0 Å². The first-order valence-electron chi connectivity index (χ1n) is 8.67. The number of hydrazine groups is 1. The zero-order valence-corrected chi connectivity index (χ0v) is 14.8. The van der Waals surface area contributed by atoms with E-state index in [0.717, 1.165) is 31.0 Å². The van der Waals surface area contributed by atoms with Crippen LogP contribution in [0.4, 0.5) is 10.5 Å². The van der Waals surface area contributed by atoms with Crippen molar-refractivity contribution in [3.63, 3.8) is 0 Å². The van der Waals surface area contributed by atoms with Crippen molar-refractivity contribution < 1.29 is 4.79 Å². The van der Waals surface area contributed by atoms with Gasteiger partial charge in [-0.15, -0.1) is 0 Å². The zero-order chi connectivity index (χ0) is 17.6. The molecule has 0 spiro atoms. The molecule has 2 amide bonds. The fourth-order valence-corrected chi connectivity index (χ4v) is 2.92. The Labute approximate surface area is 148 Å². The molecule has 2 aromatic rings. The molecule has 0 saturated carbocycles. The number of aryl methyl sites for hydroxylation is 1. The van der Waals surface area contributed by atoms with Crippen molar-refractivity contribution in [1.82, 2.24) is 10.0 Å². The van der Waals surface area contributed by atoms with Crippen LogP contribution in [0.25, 0.3) is 0 Å². The van der Waals surface area contributed by atoms with Crippen LogP contribution < -0.4 is 5.32 Å². The Morgan fingerprint density at radius 3 is 2.56 bits per heavy atom. The van der Waals surface area contributed by atoms with Crippen LogP contribution >= 0.6 is 0 Å². The molecule has 1 N–H and O–H groups in total. The number of aliphatic imine (C=N–C) groups is 1. The number of hydrogen-bond acceptors (Lipinski definition) is 3. The number of urea groups is 1. The van der Waals surface area contributed by atoms with Crippen LogP contribution in [-0.2, 0) is 6.42 Å². The summed E-state index contributed by atoms with van der Waals surface area (Å²) in [5, 5.41) is 6.70. The van der Waals surface area contributed by atoms with Crippen LogP contribution in [0, 0.1) is 6.92 Å². The fraction of sp³-hybridized carbons (Fsp3) is 0.300. The summed E-state index contributed by atoms with van der Waals surface area (Å²) in [4.78, 5) is 17.3. The number of carbonyl (C=O) groups is 1. The van der Waals surface area contributed by atoms with Gasteiger partial charge in [0.05, 0.1) is 13.1 Å². The minimum absolute atomic E-state index is 0.131. The molecule has 0 fully saturated rings. The lowest BCUT2D eigenvalue weighted by molar-refractivity contribution is 0.102. The van der Waals surface area contributed by atoms with Gasteiger partial charge in [0, 0.05) is 18.7 Å². The van der Waals surface area contributed by atoms with Crippen LogP contribution in [0.5, 0.6) is 0 Å². The lowest BCUT2D eigenvalue weighted by atomic mass is 10.1. The maximum Gasteiger partial charge on any atom is 0.340 e. The maximum absolute atomic E-state index is 12.7. The number of hydrogen-bond donors (Lipinski definition) is 1. The third-order valence-corrected chi connectivity index (χ3v) is 4.24. The van der Waals surface area contributed by atoms with E-state index in [2.05, 4.69) is 22.4 Å². The predicted octanol–water partition coefficient (Wildman–Crippen LogP) is 3.72. The molecule has 2 aromatic carbocycles. The highest BCUT2D eigenvalue weighted by Gasteiger charge is 2.26. The van der Waals surface area contributed by atoms with Gasteiger partial charge in [-0.05, 0) is 31.5 Å². The van der Waals surface area contributed by atoms with Gasteiger partial charge in [0.1, 0.15) is 5.84 Å². The first-order valence-corrected chi connectivity index (χ1v) is 8.67. The Hall–Kier alpha value is -2.82. The van der Waals surface area contributed by atoms with Gasteiger partial charge in [0.15, 0.2) is 0 Å². The number of nitrogens with zero attached hydrogens (tertiary/aromatic N) is 3. The van der Waals surface area contributed by atoms with Gasteiger partial charge in [0.25, 0.3) is 0 Å². The summed E-state index contributed by atoms with van der Waals surface area (Å²) in [6.45, 7) is 6.05. The molecular weight excluding hydrogens is 312 g/mol. The monoisotopic (exact) mass is 336 g/mol. The lowest BCUT2D eigenvalue weighted by Gasteiger charge is -2.33. The van der Waals surface area contributed by atoms with Gasteiger partial charge < -0.3 is 5.32 Å². The summed E-state index contributed by atoms with van der Waals surface area (Å²) in [5.74, 6) is 0.937. The average Bonchev–Trinajstić information content (AvgIpc) is 3.06. The molecule has 0 unspecified atom stereocenters. The van der Waals surface area contributed by atoms with Crippen molar-refractivity contribution in [2.45, 2.75) is 20.3 Å². The van der Waals surface area contributed by atoms with Gasteiger partial charge in [-0.1, -0.05) is 48.0 Å². The standard InChI is InChI=1S/C20H24N4O/c1-3-23(20(25)22-18-11-9-16(2)10-12-18)24-14-13-21-19(24)15-17-7-5-4-6-8-17/h4-12H,3,13-15H2,1-2H3,(H,22,25). The molecule has 0 aromatic heterocycles. The van der Waals surface area contributed by atoms with Gasteiger partial charge >= 0.3 is 6.03 Å². The third-order valence-electron chi connectivity index (χ3n) is 4.24. The van der Waals surface area contributed by atoms with E-state index in [1.165, 1.54) is 11.1 Å². The average molecular weight is 336 g/mol. The van der Waals surface area contributed by atoms with E-state index in [0.29, 0.717) is 6.54 Å². The molecule has 1 aliphatic heterocycles. The fourth-order valence-electron chi connectivity index (χ4n) is 2.92. The second-order valence-corrected chi connectivity index (χ2v) is 6.10. The number of anilines is 1. The highest BCUT2D eigenvalue weighted by Crippen LogP contribution is 2.15. The molecule has 0 radical (unpaired) electrons. The SMILES string of the molecule is CCN(C(=O)Nc1ccc(C)cc1)N1CCN=C1Cc1ccccc1. The molecule has 0 saturated heterocycles. The maximum atomic E-state index is 12.7. The van der Waals surface area contributed by atoms with Crippen LogP contribution in [0.15, 0.2) is 59.6 Å².